The standard InChI is InChI=1S/C23H19N5O3S/c29-23(16-4-7-20(8-5-16)28-13-12-25-32(28,30)31)26-19-3-1-2-17(14-19)21-9-6-18-15-24-11-10-22(18)27-21/h1-11,14-15,25H,12-13H2,(H,26,29). The summed E-state index contributed by atoms with van der Waals surface area (Å²) >= 11 is 0. The maximum absolute atomic E-state index is 12.7. The summed E-state index contributed by atoms with van der Waals surface area (Å²) in [6.45, 7) is 0.726. The van der Waals surface area contributed by atoms with E-state index in [-0.39, 0.29) is 5.91 Å². The number of hydrogen-bond acceptors (Lipinski definition) is 5. The lowest BCUT2D eigenvalue weighted by molar-refractivity contribution is 0.102. The van der Waals surface area contributed by atoms with Crippen molar-refractivity contribution in [2.45, 2.75) is 0 Å². The molecule has 0 bridgehead atoms. The Balaban J connectivity index is 1.34. The molecule has 0 radical (unpaired) electrons. The van der Waals surface area contributed by atoms with Crippen LogP contribution in [0.25, 0.3) is 22.2 Å². The van der Waals surface area contributed by atoms with Gasteiger partial charge >= 0.3 is 10.2 Å². The van der Waals surface area contributed by atoms with E-state index in [1.807, 2.05) is 42.5 Å². The van der Waals surface area contributed by atoms with Gasteiger partial charge in [0.15, 0.2) is 0 Å². The third kappa shape index (κ3) is 3.91. The molecular weight excluding hydrogens is 426 g/mol. The molecule has 0 atom stereocenters. The number of rotatable bonds is 4. The predicted octanol–water partition coefficient (Wildman–Crippen LogP) is 3.20. The first-order valence-corrected chi connectivity index (χ1v) is 11.4. The van der Waals surface area contributed by atoms with E-state index in [1.165, 1.54) is 4.31 Å². The molecule has 1 aliphatic rings. The average molecular weight is 446 g/mol. The van der Waals surface area contributed by atoms with Crippen LogP contribution >= 0.6 is 0 Å². The van der Waals surface area contributed by atoms with Gasteiger partial charge in [0.1, 0.15) is 0 Å². The van der Waals surface area contributed by atoms with Gasteiger partial charge in [0.05, 0.1) is 16.9 Å². The number of carbonyl (C=O) groups is 1. The first kappa shape index (κ1) is 20.1. The minimum absolute atomic E-state index is 0.284. The van der Waals surface area contributed by atoms with E-state index in [2.05, 4.69) is 20.0 Å². The Hall–Kier alpha value is -3.82. The monoisotopic (exact) mass is 445 g/mol. The Morgan fingerprint density at radius 1 is 1.03 bits per heavy atom. The van der Waals surface area contributed by atoms with Crippen molar-refractivity contribution in [3.05, 3.63) is 84.7 Å². The molecule has 2 aromatic carbocycles. The fraction of sp³-hybridized carbons (Fsp3) is 0.0870. The normalized spacial score (nSPS) is 15.1. The van der Waals surface area contributed by atoms with Gasteiger partial charge in [0, 0.05) is 47.7 Å². The van der Waals surface area contributed by atoms with Crippen LogP contribution in [0.15, 0.2) is 79.1 Å². The molecule has 4 aromatic rings. The molecule has 1 fully saturated rings. The van der Waals surface area contributed by atoms with Gasteiger partial charge in [0.2, 0.25) is 0 Å². The number of nitrogens with zero attached hydrogens (tertiary/aromatic N) is 3. The van der Waals surface area contributed by atoms with Crippen molar-refractivity contribution in [2.24, 2.45) is 0 Å². The van der Waals surface area contributed by atoms with Gasteiger partial charge in [-0.2, -0.15) is 13.1 Å². The highest BCUT2D eigenvalue weighted by Gasteiger charge is 2.27. The molecule has 2 aromatic heterocycles. The smallest absolute Gasteiger partial charge is 0.301 e. The molecule has 160 valence electrons. The van der Waals surface area contributed by atoms with Crippen molar-refractivity contribution >= 4 is 38.4 Å². The van der Waals surface area contributed by atoms with Gasteiger partial charge in [-0.15, -0.1) is 0 Å². The summed E-state index contributed by atoms with van der Waals surface area (Å²) in [4.78, 5) is 21.5. The zero-order valence-electron chi connectivity index (χ0n) is 16.9. The lowest BCUT2D eigenvalue weighted by atomic mass is 10.1. The average Bonchev–Trinajstić information content (AvgIpc) is 3.18. The first-order chi connectivity index (χ1) is 15.5. The van der Waals surface area contributed by atoms with Gasteiger partial charge in [-0.1, -0.05) is 12.1 Å². The highest BCUT2D eigenvalue weighted by Crippen LogP contribution is 2.24. The van der Waals surface area contributed by atoms with Gasteiger partial charge in [-0.25, -0.2) is 4.98 Å². The number of aromatic nitrogens is 2. The Morgan fingerprint density at radius 2 is 1.88 bits per heavy atom. The van der Waals surface area contributed by atoms with Gasteiger partial charge in [-0.05, 0) is 54.6 Å². The van der Waals surface area contributed by atoms with Crippen LogP contribution in [-0.4, -0.2) is 37.4 Å². The van der Waals surface area contributed by atoms with Crippen molar-refractivity contribution in [3.63, 3.8) is 0 Å². The fourth-order valence-corrected chi connectivity index (χ4v) is 4.84. The lowest BCUT2D eigenvalue weighted by Gasteiger charge is -2.16. The van der Waals surface area contributed by atoms with E-state index in [0.717, 1.165) is 22.2 Å². The molecule has 0 saturated carbocycles. The molecular formula is C23H19N5O3S. The molecule has 0 aliphatic carbocycles. The second kappa shape index (κ2) is 8.03. The van der Waals surface area contributed by atoms with Crippen LogP contribution in [0, 0.1) is 0 Å². The molecule has 9 heteroatoms. The molecule has 1 saturated heterocycles. The highest BCUT2D eigenvalue weighted by molar-refractivity contribution is 7.91. The van der Waals surface area contributed by atoms with Gasteiger partial charge in [0.25, 0.3) is 5.91 Å². The van der Waals surface area contributed by atoms with Crippen molar-refractivity contribution in [3.8, 4) is 11.3 Å². The third-order valence-corrected chi connectivity index (χ3v) is 6.76. The van der Waals surface area contributed by atoms with Gasteiger partial charge in [-0.3, -0.25) is 14.1 Å². The number of fused-ring (bicyclic) bond motifs is 1. The zero-order chi connectivity index (χ0) is 22.1. The Labute approximate surface area is 185 Å². The molecule has 2 N–H and O–H groups in total. The SMILES string of the molecule is O=C(Nc1cccc(-c2ccc3cnccc3n2)c1)c1ccc(N2CCNS2(=O)=O)cc1. The van der Waals surface area contributed by atoms with Crippen LogP contribution in [0.4, 0.5) is 11.4 Å². The second-order valence-corrected chi connectivity index (χ2v) is 9.00. The maximum atomic E-state index is 12.7. The Kier molecular flexibility index (Phi) is 5.04. The van der Waals surface area contributed by atoms with Crippen molar-refractivity contribution < 1.29 is 13.2 Å². The molecule has 8 nitrogen and oxygen atoms in total. The van der Waals surface area contributed by atoms with E-state index >= 15 is 0 Å². The van der Waals surface area contributed by atoms with Crippen LogP contribution in [0.5, 0.6) is 0 Å². The van der Waals surface area contributed by atoms with E-state index in [0.29, 0.717) is 30.0 Å². The number of hydrogen-bond donors (Lipinski definition) is 2. The molecule has 0 unspecified atom stereocenters. The summed E-state index contributed by atoms with van der Waals surface area (Å²) in [5.41, 5.74) is 4.11. The maximum Gasteiger partial charge on any atom is 0.301 e. The quantitative estimate of drug-likeness (QED) is 0.502. The summed E-state index contributed by atoms with van der Waals surface area (Å²) in [6.07, 6.45) is 3.47. The lowest BCUT2D eigenvalue weighted by Crippen LogP contribution is -2.29. The van der Waals surface area contributed by atoms with Crippen LogP contribution < -0.4 is 14.3 Å². The summed E-state index contributed by atoms with van der Waals surface area (Å²) in [5.74, 6) is -0.284. The van der Waals surface area contributed by atoms with Crippen LogP contribution in [-0.2, 0) is 10.2 Å². The molecule has 1 aliphatic heterocycles. The molecule has 5 rings (SSSR count). The number of pyridine rings is 2. The fourth-order valence-electron chi connectivity index (χ4n) is 3.61. The highest BCUT2D eigenvalue weighted by atomic mass is 32.2. The van der Waals surface area contributed by atoms with E-state index in [1.54, 1.807) is 36.7 Å². The summed E-state index contributed by atoms with van der Waals surface area (Å²) in [6, 6.07) is 19.7. The summed E-state index contributed by atoms with van der Waals surface area (Å²) < 4.78 is 27.7. The van der Waals surface area contributed by atoms with Gasteiger partial charge < -0.3 is 5.32 Å². The number of anilines is 2. The van der Waals surface area contributed by atoms with Crippen molar-refractivity contribution in [1.29, 1.82) is 0 Å². The number of carbonyl (C=O) groups excluding carboxylic acids is 1. The van der Waals surface area contributed by atoms with Crippen LogP contribution in [0.2, 0.25) is 0 Å². The predicted molar refractivity (Wildman–Crippen MR) is 124 cm³/mol. The molecule has 32 heavy (non-hydrogen) atoms. The molecule has 1 amide bonds. The Bertz CT molecular complexity index is 1420. The number of nitrogens with one attached hydrogen (secondary N) is 2. The van der Waals surface area contributed by atoms with E-state index in [4.69, 9.17) is 0 Å². The minimum atomic E-state index is -3.49. The largest absolute Gasteiger partial charge is 0.322 e. The second-order valence-electron chi connectivity index (χ2n) is 7.32. The summed E-state index contributed by atoms with van der Waals surface area (Å²) in [5, 5.41) is 3.85. The number of benzene rings is 2. The van der Waals surface area contributed by atoms with E-state index < -0.39 is 10.2 Å². The first-order valence-electron chi connectivity index (χ1n) is 10.00. The topological polar surface area (TPSA) is 104 Å². The van der Waals surface area contributed by atoms with Crippen LogP contribution in [0.1, 0.15) is 10.4 Å². The third-order valence-electron chi connectivity index (χ3n) is 5.21. The van der Waals surface area contributed by atoms with Crippen molar-refractivity contribution in [2.75, 3.05) is 22.7 Å². The minimum Gasteiger partial charge on any atom is -0.322 e. The van der Waals surface area contributed by atoms with E-state index in [9.17, 15) is 13.2 Å². The number of amides is 1. The molecule has 0 spiro atoms. The van der Waals surface area contributed by atoms with Crippen LogP contribution in [0.3, 0.4) is 0 Å². The summed E-state index contributed by atoms with van der Waals surface area (Å²) in [7, 11) is -3.49. The Morgan fingerprint density at radius 3 is 2.66 bits per heavy atom. The zero-order valence-corrected chi connectivity index (χ0v) is 17.7. The molecule has 3 heterocycles. The van der Waals surface area contributed by atoms with Crippen molar-refractivity contribution in [1.82, 2.24) is 14.7 Å².